The topological polar surface area (TPSA) is 37.8 Å². The molecular weight excluding hydrogens is 231 g/mol. The first kappa shape index (κ1) is 13.7. The second kappa shape index (κ2) is 5.33. The van der Waals surface area contributed by atoms with Gasteiger partial charge in [0.15, 0.2) is 0 Å². The van der Waals surface area contributed by atoms with Gasteiger partial charge in [0.1, 0.15) is 11.6 Å². The largest absolute Gasteiger partial charge is 0.391 e. The highest BCUT2D eigenvalue weighted by atomic mass is 19.4. The third-order valence-corrected chi connectivity index (χ3v) is 2.19. The van der Waals surface area contributed by atoms with Gasteiger partial charge in [-0.1, -0.05) is 6.92 Å². The first-order chi connectivity index (χ1) is 7.80. The molecule has 3 nitrogen and oxygen atoms in total. The van der Waals surface area contributed by atoms with Crippen molar-refractivity contribution in [2.75, 3.05) is 5.32 Å². The van der Waals surface area contributed by atoms with Crippen LogP contribution in [0.3, 0.4) is 0 Å². The summed E-state index contributed by atoms with van der Waals surface area (Å²) in [7, 11) is 0. The van der Waals surface area contributed by atoms with Crippen LogP contribution in [0, 0.1) is 6.92 Å². The number of rotatable bonds is 4. The molecule has 0 fully saturated rings. The van der Waals surface area contributed by atoms with Crippen LogP contribution in [0.25, 0.3) is 0 Å². The maximum atomic E-state index is 12.2. The zero-order chi connectivity index (χ0) is 13.1. The average Bonchev–Trinajstić information content (AvgIpc) is 2.13. The molecule has 0 aliphatic carbocycles. The highest BCUT2D eigenvalue weighted by molar-refractivity contribution is 5.37. The molecule has 0 spiro atoms. The fraction of sp³-hybridized carbons (Fsp3) is 0.636. The molecule has 1 aromatic heterocycles. The zero-order valence-electron chi connectivity index (χ0n) is 10.1. The van der Waals surface area contributed by atoms with Crippen molar-refractivity contribution < 1.29 is 13.2 Å². The molecule has 0 amide bonds. The Morgan fingerprint density at radius 1 is 1.35 bits per heavy atom. The van der Waals surface area contributed by atoms with Crippen molar-refractivity contribution in [3.63, 3.8) is 0 Å². The molecule has 0 aliphatic heterocycles. The third kappa shape index (κ3) is 5.01. The summed E-state index contributed by atoms with van der Waals surface area (Å²) in [6.07, 6.45) is -4.31. The summed E-state index contributed by atoms with van der Waals surface area (Å²) in [5.74, 6) is 1.01. The van der Waals surface area contributed by atoms with Gasteiger partial charge in [-0.25, -0.2) is 9.97 Å². The van der Waals surface area contributed by atoms with E-state index in [9.17, 15) is 13.2 Å². The average molecular weight is 247 g/mol. The quantitative estimate of drug-likeness (QED) is 0.888. The van der Waals surface area contributed by atoms with Crippen LogP contribution in [0.4, 0.5) is 19.0 Å². The Kier molecular flexibility index (Phi) is 4.31. The number of anilines is 1. The van der Waals surface area contributed by atoms with Crippen molar-refractivity contribution in [3.8, 4) is 0 Å². The van der Waals surface area contributed by atoms with Crippen LogP contribution in [0.2, 0.25) is 0 Å². The SMILES string of the molecule is CCc1cc(NC(C)CC(F)(F)F)nc(C)n1. The molecule has 0 saturated heterocycles. The summed E-state index contributed by atoms with van der Waals surface area (Å²) in [5, 5.41) is 2.74. The summed E-state index contributed by atoms with van der Waals surface area (Å²) in [5.41, 5.74) is 0.819. The fourth-order valence-electron chi connectivity index (χ4n) is 1.54. The third-order valence-electron chi connectivity index (χ3n) is 2.19. The van der Waals surface area contributed by atoms with Crippen molar-refractivity contribution in [3.05, 3.63) is 17.6 Å². The van der Waals surface area contributed by atoms with E-state index in [1.165, 1.54) is 6.92 Å². The maximum Gasteiger partial charge on any atom is 0.391 e. The molecule has 17 heavy (non-hydrogen) atoms. The minimum Gasteiger partial charge on any atom is -0.367 e. The second-order valence-corrected chi connectivity index (χ2v) is 4.01. The molecule has 1 unspecified atom stereocenters. The number of hydrogen-bond donors (Lipinski definition) is 1. The van der Waals surface area contributed by atoms with Crippen LogP contribution in [-0.4, -0.2) is 22.2 Å². The number of nitrogens with one attached hydrogen (secondary N) is 1. The molecule has 0 aliphatic rings. The number of aryl methyl sites for hydroxylation is 2. The Labute approximate surface area is 98.5 Å². The predicted octanol–water partition coefficient (Wildman–Crippen LogP) is 3.10. The van der Waals surface area contributed by atoms with E-state index in [0.29, 0.717) is 11.6 Å². The van der Waals surface area contributed by atoms with Gasteiger partial charge in [0.2, 0.25) is 0 Å². The van der Waals surface area contributed by atoms with Crippen molar-refractivity contribution >= 4 is 5.82 Å². The van der Waals surface area contributed by atoms with Crippen LogP contribution in [0.15, 0.2) is 6.07 Å². The van der Waals surface area contributed by atoms with E-state index in [2.05, 4.69) is 15.3 Å². The minimum absolute atomic E-state index is 0.450. The number of nitrogens with zero attached hydrogens (tertiary/aromatic N) is 2. The molecule has 1 atom stereocenters. The van der Waals surface area contributed by atoms with E-state index in [-0.39, 0.29) is 0 Å². The normalized spacial score (nSPS) is 13.5. The van der Waals surface area contributed by atoms with Crippen molar-refractivity contribution in [2.45, 2.75) is 45.8 Å². The standard InChI is InChI=1S/C11H16F3N3/c1-4-9-5-10(17-8(3)16-9)15-7(2)6-11(12,13)14/h5,7H,4,6H2,1-3H3,(H,15,16,17). The highest BCUT2D eigenvalue weighted by Crippen LogP contribution is 2.23. The molecule has 1 aromatic rings. The molecule has 1 N–H and O–H groups in total. The molecule has 96 valence electrons. The van der Waals surface area contributed by atoms with Gasteiger partial charge >= 0.3 is 6.18 Å². The number of hydrogen-bond acceptors (Lipinski definition) is 3. The fourth-order valence-corrected chi connectivity index (χ4v) is 1.54. The lowest BCUT2D eigenvalue weighted by molar-refractivity contribution is -0.136. The molecule has 0 bridgehead atoms. The highest BCUT2D eigenvalue weighted by Gasteiger charge is 2.30. The Bertz CT molecular complexity index is 377. The lowest BCUT2D eigenvalue weighted by Crippen LogP contribution is -2.24. The van der Waals surface area contributed by atoms with E-state index < -0.39 is 18.6 Å². The van der Waals surface area contributed by atoms with Gasteiger partial charge in [-0.15, -0.1) is 0 Å². The first-order valence-corrected chi connectivity index (χ1v) is 5.48. The van der Waals surface area contributed by atoms with Gasteiger partial charge in [-0.2, -0.15) is 13.2 Å². The minimum atomic E-state index is -4.16. The Morgan fingerprint density at radius 3 is 2.53 bits per heavy atom. The summed E-state index contributed by atoms with van der Waals surface area (Å²) in [4.78, 5) is 8.22. The number of aromatic nitrogens is 2. The number of alkyl halides is 3. The summed E-state index contributed by atoms with van der Waals surface area (Å²) in [6.45, 7) is 5.14. The lowest BCUT2D eigenvalue weighted by Gasteiger charge is -2.16. The number of halogens is 3. The Morgan fingerprint density at radius 2 is 2.00 bits per heavy atom. The lowest BCUT2D eigenvalue weighted by atomic mass is 10.2. The van der Waals surface area contributed by atoms with Crippen LogP contribution >= 0.6 is 0 Å². The Balaban J connectivity index is 2.71. The molecule has 6 heteroatoms. The second-order valence-electron chi connectivity index (χ2n) is 4.01. The molecule has 0 aromatic carbocycles. The van der Waals surface area contributed by atoms with Gasteiger partial charge in [-0.05, 0) is 20.3 Å². The van der Waals surface area contributed by atoms with Gasteiger partial charge in [0, 0.05) is 17.8 Å². The summed E-state index contributed by atoms with van der Waals surface area (Å²) < 4.78 is 36.5. The molecule has 0 radical (unpaired) electrons. The molecule has 1 rings (SSSR count). The maximum absolute atomic E-state index is 12.2. The van der Waals surface area contributed by atoms with Gasteiger partial charge in [0.25, 0.3) is 0 Å². The molecule has 1 heterocycles. The van der Waals surface area contributed by atoms with Crippen molar-refractivity contribution in [1.29, 1.82) is 0 Å². The van der Waals surface area contributed by atoms with Crippen LogP contribution in [0.5, 0.6) is 0 Å². The predicted molar refractivity (Wildman–Crippen MR) is 59.9 cm³/mol. The van der Waals surface area contributed by atoms with E-state index in [0.717, 1.165) is 12.1 Å². The van der Waals surface area contributed by atoms with E-state index in [1.807, 2.05) is 6.92 Å². The zero-order valence-corrected chi connectivity index (χ0v) is 10.1. The molecule has 0 saturated carbocycles. The van der Waals surface area contributed by atoms with Crippen LogP contribution < -0.4 is 5.32 Å². The smallest absolute Gasteiger partial charge is 0.367 e. The van der Waals surface area contributed by atoms with E-state index in [4.69, 9.17) is 0 Å². The first-order valence-electron chi connectivity index (χ1n) is 5.48. The van der Waals surface area contributed by atoms with Gasteiger partial charge in [0.05, 0.1) is 6.42 Å². The Hall–Kier alpha value is -1.33. The van der Waals surface area contributed by atoms with Crippen LogP contribution in [0.1, 0.15) is 31.8 Å². The summed E-state index contributed by atoms with van der Waals surface area (Å²) >= 11 is 0. The van der Waals surface area contributed by atoms with Crippen molar-refractivity contribution in [1.82, 2.24) is 9.97 Å². The van der Waals surface area contributed by atoms with Gasteiger partial charge in [-0.3, -0.25) is 0 Å². The van der Waals surface area contributed by atoms with Gasteiger partial charge < -0.3 is 5.32 Å². The monoisotopic (exact) mass is 247 g/mol. The van der Waals surface area contributed by atoms with E-state index >= 15 is 0 Å². The summed E-state index contributed by atoms with van der Waals surface area (Å²) in [6, 6.07) is 0.980. The van der Waals surface area contributed by atoms with Crippen molar-refractivity contribution in [2.24, 2.45) is 0 Å². The van der Waals surface area contributed by atoms with Crippen LogP contribution in [-0.2, 0) is 6.42 Å². The van der Waals surface area contributed by atoms with E-state index in [1.54, 1.807) is 13.0 Å². The molecular formula is C11H16F3N3.